The van der Waals surface area contributed by atoms with Crippen LogP contribution in [0, 0.1) is 0 Å². The number of nitrogens with one attached hydrogen (secondary N) is 1. The number of fused-ring (bicyclic) bond motifs is 1. The first-order valence-corrected chi connectivity index (χ1v) is 5.53. The molecule has 1 aliphatic carbocycles. The zero-order valence-corrected chi connectivity index (χ0v) is 9.71. The third kappa shape index (κ3) is 1.92. The zero-order chi connectivity index (χ0) is 10.9. The van der Waals surface area contributed by atoms with Crippen LogP contribution < -0.4 is 5.48 Å². The van der Waals surface area contributed by atoms with Crippen molar-refractivity contribution in [2.24, 2.45) is 0 Å². The average molecular weight is 205 g/mol. The Morgan fingerprint density at radius 1 is 1.33 bits per heavy atom. The van der Waals surface area contributed by atoms with Gasteiger partial charge in [0.1, 0.15) is 0 Å². The molecule has 0 saturated carbocycles. The number of hydrogen-bond acceptors (Lipinski definition) is 2. The van der Waals surface area contributed by atoms with Gasteiger partial charge >= 0.3 is 0 Å². The van der Waals surface area contributed by atoms with Gasteiger partial charge in [-0.2, -0.15) is 5.48 Å². The normalized spacial score (nSPS) is 23.5. The molecule has 2 rings (SSSR count). The molecule has 1 atom stereocenters. The maximum Gasteiger partial charge on any atom is 0.0574 e. The van der Waals surface area contributed by atoms with Crippen molar-refractivity contribution in [2.45, 2.75) is 38.1 Å². The van der Waals surface area contributed by atoms with Crippen molar-refractivity contribution in [1.82, 2.24) is 5.48 Å². The van der Waals surface area contributed by atoms with E-state index in [0.717, 1.165) is 6.42 Å². The molecule has 82 valence electrons. The maximum atomic E-state index is 5.06. The fourth-order valence-electron chi connectivity index (χ4n) is 2.48. The van der Waals surface area contributed by atoms with E-state index in [1.54, 1.807) is 7.11 Å². The lowest BCUT2D eigenvalue weighted by atomic mass is 9.71. The zero-order valence-electron chi connectivity index (χ0n) is 9.71. The van der Waals surface area contributed by atoms with Crippen molar-refractivity contribution in [3.8, 4) is 0 Å². The Balaban J connectivity index is 2.39. The smallest absolute Gasteiger partial charge is 0.0574 e. The molecule has 0 fully saturated rings. The SMILES string of the molecule is CONC1CCC(C)(C)c2ccccc21. The summed E-state index contributed by atoms with van der Waals surface area (Å²) in [4.78, 5) is 5.06. The largest absolute Gasteiger partial charge is 0.305 e. The van der Waals surface area contributed by atoms with Crippen LogP contribution in [0.25, 0.3) is 0 Å². The van der Waals surface area contributed by atoms with Crippen LogP contribution in [0.2, 0.25) is 0 Å². The van der Waals surface area contributed by atoms with Crippen molar-refractivity contribution in [3.05, 3.63) is 35.4 Å². The molecule has 15 heavy (non-hydrogen) atoms. The van der Waals surface area contributed by atoms with Gasteiger partial charge in [0.25, 0.3) is 0 Å². The van der Waals surface area contributed by atoms with Crippen molar-refractivity contribution in [2.75, 3.05) is 7.11 Å². The van der Waals surface area contributed by atoms with Crippen molar-refractivity contribution >= 4 is 0 Å². The van der Waals surface area contributed by atoms with E-state index in [0.29, 0.717) is 11.5 Å². The highest BCUT2D eigenvalue weighted by Crippen LogP contribution is 2.41. The summed E-state index contributed by atoms with van der Waals surface area (Å²) >= 11 is 0. The van der Waals surface area contributed by atoms with E-state index in [1.165, 1.54) is 17.5 Å². The highest BCUT2D eigenvalue weighted by Gasteiger charge is 2.31. The van der Waals surface area contributed by atoms with Crippen LogP contribution >= 0.6 is 0 Å². The molecule has 0 aliphatic heterocycles. The van der Waals surface area contributed by atoms with Crippen LogP contribution in [0.15, 0.2) is 24.3 Å². The lowest BCUT2D eigenvalue weighted by molar-refractivity contribution is 0.0515. The first-order valence-electron chi connectivity index (χ1n) is 5.53. The quantitative estimate of drug-likeness (QED) is 0.749. The highest BCUT2D eigenvalue weighted by atomic mass is 16.6. The Kier molecular flexibility index (Phi) is 2.81. The van der Waals surface area contributed by atoms with Gasteiger partial charge in [0.05, 0.1) is 13.2 Å². The Morgan fingerprint density at radius 2 is 2.07 bits per heavy atom. The molecule has 2 nitrogen and oxygen atoms in total. The fourth-order valence-corrected chi connectivity index (χ4v) is 2.48. The van der Waals surface area contributed by atoms with E-state index in [9.17, 15) is 0 Å². The summed E-state index contributed by atoms with van der Waals surface area (Å²) in [5, 5.41) is 0. The van der Waals surface area contributed by atoms with Crippen molar-refractivity contribution < 1.29 is 4.84 Å². The van der Waals surface area contributed by atoms with Gasteiger partial charge in [-0.25, -0.2) is 0 Å². The van der Waals surface area contributed by atoms with Crippen LogP contribution in [-0.4, -0.2) is 7.11 Å². The number of rotatable bonds is 2. The molecule has 1 aliphatic rings. The molecular weight excluding hydrogens is 186 g/mol. The maximum absolute atomic E-state index is 5.06. The predicted octanol–water partition coefficient (Wildman–Crippen LogP) is 2.95. The third-order valence-electron chi connectivity index (χ3n) is 3.38. The van der Waals surface area contributed by atoms with Gasteiger partial charge in [-0.3, -0.25) is 0 Å². The predicted molar refractivity (Wildman–Crippen MR) is 61.6 cm³/mol. The van der Waals surface area contributed by atoms with Gasteiger partial charge in [0.15, 0.2) is 0 Å². The molecule has 1 aromatic rings. The minimum absolute atomic E-state index is 0.294. The molecular formula is C13H19NO. The van der Waals surface area contributed by atoms with Crippen molar-refractivity contribution in [3.63, 3.8) is 0 Å². The second-order valence-corrected chi connectivity index (χ2v) is 4.88. The highest BCUT2D eigenvalue weighted by molar-refractivity contribution is 5.37. The van der Waals surface area contributed by atoms with E-state index >= 15 is 0 Å². The summed E-state index contributed by atoms with van der Waals surface area (Å²) in [7, 11) is 1.68. The summed E-state index contributed by atoms with van der Waals surface area (Å²) in [5.74, 6) is 0. The molecule has 0 saturated heterocycles. The lowest BCUT2D eigenvalue weighted by Gasteiger charge is -2.36. The molecule has 0 heterocycles. The van der Waals surface area contributed by atoms with E-state index < -0.39 is 0 Å². The fraction of sp³-hybridized carbons (Fsp3) is 0.538. The molecule has 0 bridgehead atoms. The van der Waals surface area contributed by atoms with E-state index in [2.05, 4.69) is 43.6 Å². The minimum atomic E-state index is 0.294. The topological polar surface area (TPSA) is 21.3 Å². The standard InChI is InChI=1S/C13H19NO/c1-13(2)9-8-12(14-15-3)10-6-4-5-7-11(10)13/h4-7,12,14H,8-9H2,1-3H3. The summed E-state index contributed by atoms with van der Waals surface area (Å²) in [6, 6.07) is 9.01. The number of hydroxylamine groups is 1. The average Bonchev–Trinajstić information content (AvgIpc) is 2.23. The van der Waals surface area contributed by atoms with Crippen LogP contribution in [0.5, 0.6) is 0 Å². The van der Waals surface area contributed by atoms with Gasteiger partial charge in [0, 0.05) is 0 Å². The van der Waals surface area contributed by atoms with E-state index in [1.807, 2.05) is 0 Å². The number of benzene rings is 1. The van der Waals surface area contributed by atoms with Gasteiger partial charge in [-0.1, -0.05) is 38.1 Å². The first kappa shape index (κ1) is 10.7. The van der Waals surface area contributed by atoms with Crippen molar-refractivity contribution in [1.29, 1.82) is 0 Å². The Morgan fingerprint density at radius 3 is 2.80 bits per heavy atom. The second kappa shape index (κ2) is 3.95. The first-order chi connectivity index (χ1) is 7.15. The van der Waals surface area contributed by atoms with Gasteiger partial charge in [0.2, 0.25) is 0 Å². The van der Waals surface area contributed by atoms with Crippen LogP contribution in [0.1, 0.15) is 43.9 Å². The molecule has 0 spiro atoms. The molecule has 0 amide bonds. The summed E-state index contributed by atoms with van der Waals surface area (Å²) in [6.07, 6.45) is 2.34. The second-order valence-electron chi connectivity index (χ2n) is 4.88. The number of hydrogen-bond donors (Lipinski definition) is 1. The van der Waals surface area contributed by atoms with Crippen LogP contribution in [0.3, 0.4) is 0 Å². The van der Waals surface area contributed by atoms with E-state index in [4.69, 9.17) is 4.84 Å². The Bertz CT molecular complexity index is 346. The Labute approximate surface area is 91.6 Å². The van der Waals surface area contributed by atoms with E-state index in [-0.39, 0.29) is 0 Å². The third-order valence-corrected chi connectivity index (χ3v) is 3.38. The molecule has 1 unspecified atom stereocenters. The molecule has 0 aromatic heterocycles. The molecule has 1 aromatic carbocycles. The lowest BCUT2D eigenvalue weighted by Crippen LogP contribution is -2.32. The Hall–Kier alpha value is -0.860. The summed E-state index contributed by atoms with van der Waals surface area (Å²) in [5.41, 5.74) is 6.21. The molecule has 0 radical (unpaired) electrons. The molecule has 2 heteroatoms. The van der Waals surface area contributed by atoms with Crippen LogP contribution in [-0.2, 0) is 10.3 Å². The summed E-state index contributed by atoms with van der Waals surface area (Å²) < 4.78 is 0. The van der Waals surface area contributed by atoms with Gasteiger partial charge in [-0.05, 0) is 29.4 Å². The van der Waals surface area contributed by atoms with Crippen LogP contribution in [0.4, 0.5) is 0 Å². The van der Waals surface area contributed by atoms with Gasteiger partial charge < -0.3 is 4.84 Å². The minimum Gasteiger partial charge on any atom is -0.305 e. The van der Waals surface area contributed by atoms with Gasteiger partial charge in [-0.15, -0.1) is 0 Å². The monoisotopic (exact) mass is 205 g/mol. The summed E-state index contributed by atoms with van der Waals surface area (Å²) in [6.45, 7) is 4.63. The molecule has 1 N–H and O–H groups in total.